The number of phosphoric acid groups is 1. The zero-order chi connectivity index (χ0) is 24.1. The first-order valence-corrected chi connectivity index (χ1v) is 11.8. The topological polar surface area (TPSA) is 141 Å². The molecular weight excluding hydrogens is 471 g/mol. The van der Waals surface area contributed by atoms with Crippen molar-refractivity contribution >= 4 is 38.2 Å². The van der Waals surface area contributed by atoms with Crippen molar-refractivity contribution in [3.05, 3.63) is 57.2 Å². The van der Waals surface area contributed by atoms with Gasteiger partial charge in [-0.1, -0.05) is 23.7 Å². The van der Waals surface area contributed by atoms with Crippen LogP contribution in [-0.4, -0.2) is 58.4 Å². The van der Waals surface area contributed by atoms with Crippen LogP contribution in [0.1, 0.15) is 17.9 Å². The quantitative estimate of drug-likeness (QED) is 0.320. The van der Waals surface area contributed by atoms with Gasteiger partial charge in [0.05, 0.1) is 19.0 Å². The van der Waals surface area contributed by atoms with Gasteiger partial charge in [-0.05, 0) is 31.5 Å². The van der Waals surface area contributed by atoms with Gasteiger partial charge < -0.3 is 24.1 Å². The van der Waals surface area contributed by atoms with E-state index in [1.807, 2.05) is 0 Å². The summed E-state index contributed by atoms with van der Waals surface area (Å²) in [5.74, 6) is -2.12. The Morgan fingerprint density at radius 2 is 1.97 bits per heavy atom. The number of aliphatic hydroxyl groups is 1. The summed E-state index contributed by atoms with van der Waals surface area (Å²) in [4.78, 5) is 33.5. The molecule has 12 heteroatoms. The van der Waals surface area contributed by atoms with Crippen LogP contribution in [0.15, 0.2) is 45.6 Å². The highest BCUT2D eigenvalue weighted by molar-refractivity contribution is 7.46. The molecule has 1 aliphatic heterocycles. The molecule has 1 aliphatic rings. The highest BCUT2D eigenvalue weighted by Gasteiger charge is 2.36. The summed E-state index contributed by atoms with van der Waals surface area (Å²) >= 11 is 6.26. The molecule has 0 bridgehead atoms. The predicted octanol–water partition coefficient (Wildman–Crippen LogP) is 2.57. The number of nitrogens with zero attached hydrogens (tertiary/aromatic N) is 1. The van der Waals surface area contributed by atoms with Crippen LogP contribution in [0, 0.1) is 0 Å². The zero-order valence-electron chi connectivity index (χ0n) is 17.4. The van der Waals surface area contributed by atoms with Crippen molar-refractivity contribution in [1.82, 2.24) is 4.90 Å². The van der Waals surface area contributed by atoms with E-state index in [1.165, 1.54) is 0 Å². The average Bonchev–Trinajstić information content (AvgIpc) is 2.70. The summed E-state index contributed by atoms with van der Waals surface area (Å²) in [7, 11) is 2.81. The third-order valence-corrected chi connectivity index (χ3v) is 6.48. The van der Waals surface area contributed by atoms with Crippen LogP contribution < -0.4 is 9.95 Å². The number of aromatic hydroxyl groups is 1. The van der Waals surface area contributed by atoms with Crippen molar-refractivity contribution in [3.8, 4) is 22.8 Å². The van der Waals surface area contributed by atoms with E-state index in [0.717, 1.165) is 12.1 Å². The van der Waals surface area contributed by atoms with Crippen LogP contribution in [-0.2, 0) is 4.57 Å². The van der Waals surface area contributed by atoms with Crippen molar-refractivity contribution in [2.75, 3.05) is 13.6 Å². The van der Waals surface area contributed by atoms with Gasteiger partial charge in [0.1, 0.15) is 28.2 Å². The molecule has 1 aromatic heterocycles. The molecule has 0 saturated carbocycles. The van der Waals surface area contributed by atoms with Gasteiger partial charge in [0.2, 0.25) is 0 Å². The minimum absolute atomic E-state index is 0.0683. The standard InChI is InChI=1S/C21H20BClNO8P/c1-24-9-15(27)11(6-18(24)22)19-13(25)8-17(32-33(28,29)30)20-14(26)7-16(31-21(19)20)10-4-2-3-5-12(10)23/h2-5,7-8,11,15,18,25,27H,6,9H2,1H3,(H2,28,29,30)/t11-,15+,18?/m0/s1. The van der Waals surface area contributed by atoms with E-state index in [-0.39, 0.29) is 35.3 Å². The molecule has 3 atom stereocenters. The van der Waals surface area contributed by atoms with E-state index in [0.29, 0.717) is 10.6 Å². The van der Waals surface area contributed by atoms with Crippen LogP contribution in [0.3, 0.4) is 0 Å². The lowest BCUT2D eigenvalue weighted by Gasteiger charge is -2.39. The van der Waals surface area contributed by atoms with Crippen LogP contribution in [0.5, 0.6) is 11.5 Å². The molecule has 1 saturated heterocycles. The fraction of sp³-hybridized carbons (Fsp3) is 0.286. The lowest BCUT2D eigenvalue weighted by Crippen LogP contribution is -2.47. The van der Waals surface area contributed by atoms with Gasteiger partial charge in [0, 0.05) is 35.7 Å². The summed E-state index contributed by atoms with van der Waals surface area (Å²) in [6.45, 7) is 0.196. The number of aliphatic hydroxyl groups excluding tert-OH is 1. The number of hydrogen-bond acceptors (Lipinski definition) is 7. The van der Waals surface area contributed by atoms with Crippen molar-refractivity contribution in [2.24, 2.45) is 0 Å². The second-order valence-corrected chi connectivity index (χ2v) is 9.54. The highest BCUT2D eigenvalue weighted by atomic mass is 35.5. The van der Waals surface area contributed by atoms with Crippen LogP contribution in [0.4, 0.5) is 0 Å². The SMILES string of the molecule is [B]C1C[C@H](c2c(O)cc(OP(=O)(O)O)c3c(=O)cc(-c4ccccc4Cl)oc23)[C@H](O)CN1C. The van der Waals surface area contributed by atoms with Crippen molar-refractivity contribution < 1.29 is 33.5 Å². The van der Waals surface area contributed by atoms with Crippen molar-refractivity contribution in [3.63, 3.8) is 0 Å². The van der Waals surface area contributed by atoms with Crippen molar-refractivity contribution in [1.29, 1.82) is 0 Å². The molecule has 9 nitrogen and oxygen atoms in total. The lowest BCUT2D eigenvalue weighted by atomic mass is 9.76. The second kappa shape index (κ2) is 8.79. The molecule has 2 heterocycles. The number of phosphoric ester groups is 1. The number of likely N-dealkylation sites (N-methyl/N-ethyl adjacent to an activating group) is 1. The summed E-state index contributed by atoms with van der Waals surface area (Å²) < 4.78 is 22.2. The summed E-state index contributed by atoms with van der Waals surface area (Å²) in [5, 5.41) is 21.6. The smallest absolute Gasteiger partial charge is 0.507 e. The number of piperidine rings is 1. The molecular formula is C21H20BClNO8P. The zero-order valence-corrected chi connectivity index (χ0v) is 19.0. The first-order chi connectivity index (χ1) is 15.5. The maximum absolute atomic E-state index is 13.1. The predicted molar refractivity (Wildman–Crippen MR) is 123 cm³/mol. The maximum atomic E-state index is 13.1. The van der Waals surface area contributed by atoms with E-state index in [4.69, 9.17) is 23.9 Å². The average molecular weight is 492 g/mol. The number of phenolic OH excluding ortho intramolecular Hbond substituents is 1. The number of halogens is 1. The monoisotopic (exact) mass is 491 g/mol. The number of likely N-dealkylation sites (tertiary alicyclic amines) is 1. The molecule has 4 N–H and O–H groups in total. The van der Waals surface area contributed by atoms with Crippen LogP contribution in [0.2, 0.25) is 5.02 Å². The lowest BCUT2D eigenvalue weighted by molar-refractivity contribution is 0.0526. The van der Waals surface area contributed by atoms with Gasteiger partial charge in [-0.15, -0.1) is 0 Å². The van der Waals surface area contributed by atoms with Crippen LogP contribution in [0.25, 0.3) is 22.3 Å². The summed E-state index contributed by atoms with van der Waals surface area (Å²) in [5.41, 5.74) is -0.375. The molecule has 4 rings (SSSR count). The Morgan fingerprint density at radius 1 is 1.27 bits per heavy atom. The minimum Gasteiger partial charge on any atom is -0.507 e. The summed E-state index contributed by atoms with van der Waals surface area (Å²) in [6.07, 6.45) is -0.745. The molecule has 172 valence electrons. The normalized spacial score (nSPS) is 21.9. The molecule has 2 radical (unpaired) electrons. The minimum atomic E-state index is -5.08. The Labute approximate surface area is 194 Å². The number of rotatable bonds is 4. The largest absolute Gasteiger partial charge is 0.524 e. The number of phenols is 1. The Hall–Kier alpha value is -2.33. The molecule has 2 aromatic carbocycles. The van der Waals surface area contributed by atoms with E-state index < -0.39 is 42.7 Å². The maximum Gasteiger partial charge on any atom is 0.524 e. The Morgan fingerprint density at radius 3 is 2.64 bits per heavy atom. The van der Waals surface area contributed by atoms with Gasteiger partial charge in [0.25, 0.3) is 0 Å². The first-order valence-electron chi connectivity index (χ1n) is 9.94. The van der Waals surface area contributed by atoms with Gasteiger partial charge in [-0.25, -0.2) is 4.57 Å². The Bertz CT molecular complexity index is 1330. The third kappa shape index (κ3) is 4.68. The fourth-order valence-electron chi connectivity index (χ4n) is 4.12. The molecule has 1 fully saturated rings. The molecule has 3 aromatic rings. The number of β-amino-alcohol motifs (C(OH)–C–C–N with tert-alkyl or cyclic N) is 1. The second-order valence-electron chi connectivity index (χ2n) is 7.96. The Kier molecular flexibility index (Phi) is 6.35. The Balaban J connectivity index is 2.04. The molecule has 0 aliphatic carbocycles. The molecule has 1 unspecified atom stereocenters. The van der Waals surface area contributed by atoms with E-state index in [9.17, 15) is 29.4 Å². The van der Waals surface area contributed by atoms with Gasteiger partial charge in [-0.3, -0.25) is 14.6 Å². The summed E-state index contributed by atoms with van der Waals surface area (Å²) in [6, 6.07) is 8.67. The highest BCUT2D eigenvalue weighted by Crippen LogP contribution is 2.47. The fourth-order valence-corrected chi connectivity index (χ4v) is 4.75. The molecule has 0 spiro atoms. The number of hydrogen-bond donors (Lipinski definition) is 4. The van der Waals surface area contributed by atoms with E-state index >= 15 is 0 Å². The number of fused-ring (bicyclic) bond motifs is 1. The molecule has 0 amide bonds. The molecule has 33 heavy (non-hydrogen) atoms. The van der Waals surface area contributed by atoms with E-state index in [2.05, 4.69) is 4.52 Å². The van der Waals surface area contributed by atoms with Crippen molar-refractivity contribution in [2.45, 2.75) is 24.4 Å². The third-order valence-electron chi connectivity index (χ3n) is 5.71. The van der Waals surface area contributed by atoms with Gasteiger partial charge in [-0.2, -0.15) is 0 Å². The number of benzene rings is 2. The first kappa shape index (κ1) is 23.8. The van der Waals surface area contributed by atoms with Gasteiger partial charge in [0.15, 0.2) is 5.43 Å². The van der Waals surface area contributed by atoms with E-state index in [1.54, 1.807) is 36.2 Å². The van der Waals surface area contributed by atoms with Crippen LogP contribution >= 0.6 is 19.4 Å². The van der Waals surface area contributed by atoms with Gasteiger partial charge >= 0.3 is 7.82 Å².